The molecule has 1 saturated carbocycles. The normalized spacial score (nSPS) is 21.4. The van der Waals surface area contributed by atoms with E-state index in [9.17, 15) is 0 Å². The minimum atomic E-state index is 0.462. The van der Waals surface area contributed by atoms with Gasteiger partial charge in [0.15, 0.2) is 0 Å². The molecule has 1 aliphatic rings. The highest BCUT2D eigenvalue weighted by atomic mass is 35.5. The van der Waals surface area contributed by atoms with Crippen LogP contribution >= 0.6 is 22.9 Å². The van der Waals surface area contributed by atoms with Crippen molar-refractivity contribution in [3.63, 3.8) is 0 Å². The van der Waals surface area contributed by atoms with E-state index in [4.69, 9.17) is 11.6 Å². The first kappa shape index (κ1) is 13.4. The van der Waals surface area contributed by atoms with Crippen LogP contribution in [0.2, 0.25) is 4.34 Å². The van der Waals surface area contributed by atoms with Gasteiger partial charge in [0, 0.05) is 10.9 Å². The number of nitrogens with one attached hydrogen (secondary N) is 1. The van der Waals surface area contributed by atoms with Gasteiger partial charge in [0.05, 0.1) is 4.34 Å². The minimum Gasteiger partial charge on any atom is -0.316 e. The van der Waals surface area contributed by atoms with Crippen LogP contribution in [0.25, 0.3) is 0 Å². The minimum absolute atomic E-state index is 0.462. The Morgan fingerprint density at radius 1 is 1.35 bits per heavy atom. The van der Waals surface area contributed by atoms with Crippen LogP contribution in [-0.2, 0) is 6.42 Å². The molecule has 1 nitrogen and oxygen atoms in total. The second kappa shape index (κ2) is 5.73. The molecule has 0 amide bonds. The molecule has 2 rings (SSSR count). The molecule has 1 unspecified atom stereocenters. The largest absolute Gasteiger partial charge is 0.316 e. The molecule has 1 aromatic heterocycles. The van der Waals surface area contributed by atoms with Crippen molar-refractivity contribution in [3.8, 4) is 0 Å². The van der Waals surface area contributed by atoms with Gasteiger partial charge in [-0.3, -0.25) is 0 Å². The average molecular weight is 272 g/mol. The first-order valence-electron chi connectivity index (χ1n) is 6.55. The van der Waals surface area contributed by atoms with Gasteiger partial charge in [-0.05, 0) is 43.9 Å². The lowest BCUT2D eigenvalue weighted by molar-refractivity contribution is 0.149. The van der Waals surface area contributed by atoms with E-state index in [1.54, 1.807) is 11.3 Å². The maximum Gasteiger partial charge on any atom is 0.0931 e. The van der Waals surface area contributed by atoms with Gasteiger partial charge in [-0.2, -0.15) is 0 Å². The van der Waals surface area contributed by atoms with Crippen LogP contribution in [0.15, 0.2) is 12.1 Å². The van der Waals surface area contributed by atoms with E-state index in [0.29, 0.717) is 11.5 Å². The van der Waals surface area contributed by atoms with E-state index in [1.807, 2.05) is 6.07 Å². The molecule has 0 aromatic carbocycles. The second-order valence-electron chi connectivity index (χ2n) is 5.47. The number of likely N-dealkylation sites (N-methyl/N-ethyl adjacent to an activating group) is 1. The molecule has 0 bridgehead atoms. The molecular formula is C14H22ClNS. The van der Waals surface area contributed by atoms with E-state index in [-0.39, 0.29) is 0 Å². The maximum atomic E-state index is 6.01. The Morgan fingerprint density at radius 2 is 2.06 bits per heavy atom. The fourth-order valence-corrected chi connectivity index (χ4v) is 4.20. The molecule has 0 spiro atoms. The fourth-order valence-electron chi connectivity index (χ4n) is 3.07. The van der Waals surface area contributed by atoms with E-state index in [2.05, 4.69) is 25.4 Å². The Morgan fingerprint density at radius 3 is 2.59 bits per heavy atom. The zero-order chi connectivity index (χ0) is 12.3. The Labute approximate surface area is 114 Å². The molecule has 3 heteroatoms. The quantitative estimate of drug-likeness (QED) is 0.850. The topological polar surface area (TPSA) is 12.0 Å². The summed E-state index contributed by atoms with van der Waals surface area (Å²) in [7, 11) is 2.10. The van der Waals surface area contributed by atoms with E-state index in [0.717, 1.165) is 10.8 Å². The molecule has 1 fully saturated rings. The summed E-state index contributed by atoms with van der Waals surface area (Å²) < 4.78 is 0.906. The van der Waals surface area contributed by atoms with E-state index < -0.39 is 0 Å². The van der Waals surface area contributed by atoms with Gasteiger partial charge in [0.2, 0.25) is 0 Å². The summed E-state index contributed by atoms with van der Waals surface area (Å²) in [5, 5.41) is 3.53. The lowest BCUT2D eigenvalue weighted by Crippen LogP contribution is -2.44. The number of hydrogen-bond acceptors (Lipinski definition) is 2. The van der Waals surface area contributed by atoms with Crippen molar-refractivity contribution in [2.45, 2.75) is 51.5 Å². The highest BCUT2D eigenvalue weighted by Crippen LogP contribution is 2.40. The molecule has 1 aliphatic carbocycles. The molecule has 1 aromatic rings. The molecule has 0 radical (unpaired) electrons. The van der Waals surface area contributed by atoms with Crippen LogP contribution < -0.4 is 5.32 Å². The first-order chi connectivity index (χ1) is 8.14. The molecule has 17 heavy (non-hydrogen) atoms. The van der Waals surface area contributed by atoms with Gasteiger partial charge >= 0.3 is 0 Å². The standard InChI is InChI=1S/C14H22ClNS/c1-14(8-4-3-5-9-14)12(16-2)10-11-6-7-13(15)17-11/h6-7,12,16H,3-5,8-10H2,1-2H3. The van der Waals surface area contributed by atoms with E-state index in [1.165, 1.54) is 37.0 Å². The molecule has 96 valence electrons. The fraction of sp³-hybridized carbons (Fsp3) is 0.714. The second-order valence-corrected chi connectivity index (χ2v) is 7.27. The predicted octanol–water partition coefficient (Wildman–Crippen LogP) is 4.50. The molecular weight excluding hydrogens is 250 g/mol. The van der Waals surface area contributed by atoms with Crippen molar-refractivity contribution in [1.29, 1.82) is 0 Å². The summed E-state index contributed by atoms with van der Waals surface area (Å²) in [6, 6.07) is 4.76. The molecule has 1 heterocycles. The van der Waals surface area contributed by atoms with Crippen molar-refractivity contribution in [1.82, 2.24) is 5.32 Å². The maximum absolute atomic E-state index is 6.01. The van der Waals surface area contributed by atoms with Crippen molar-refractivity contribution in [3.05, 3.63) is 21.3 Å². The monoisotopic (exact) mass is 271 g/mol. The zero-order valence-electron chi connectivity index (χ0n) is 10.8. The Hall–Kier alpha value is -0.0500. The van der Waals surface area contributed by atoms with Crippen LogP contribution in [0.1, 0.15) is 43.9 Å². The number of hydrogen-bond donors (Lipinski definition) is 1. The van der Waals surface area contributed by atoms with Gasteiger partial charge in [-0.25, -0.2) is 0 Å². The lowest BCUT2D eigenvalue weighted by atomic mass is 9.69. The highest BCUT2D eigenvalue weighted by molar-refractivity contribution is 7.16. The van der Waals surface area contributed by atoms with Crippen LogP contribution in [0, 0.1) is 5.41 Å². The SMILES string of the molecule is CNC(Cc1ccc(Cl)s1)C1(C)CCCCC1. The van der Waals surface area contributed by atoms with Gasteiger partial charge in [0.25, 0.3) is 0 Å². The Bertz CT molecular complexity index is 355. The number of halogens is 1. The van der Waals surface area contributed by atoms with Crippen LogP contribution in [0.4, 0.5) is 0 Å². The first-order valence-corrected chi connectivity index (χ1v) is 7.75. The predicted molar refractivity (Wildman–Crippen MR) is 77.1 cm³/mol. The summed E-state index contributed by atoms with van der Waals surface area (Å²) in [5.41, 5.74) is 0.462. The van der Waals surface area contributed by atoms with Gasteiger partial charge in [-0.1, -0.05) is 37.8 Å². The summed E-state index contributed by atoms with van der Waals surface area (Å²) >= 11 is 7.73. The molecule has 1 N–H and O–H groups in total. The van der Waals surface area contributed by atoms with Gasteiger partial charge < -0.3 is 5.32 Å². The summed E-state index contributed by atoms with van der Waals surface area (Å²) in [5.74, 6) is 0. The van der Waals surface area contributed by atoms with Gasteiger partial charge in [0.1, 0.15) is 0 Å². The van der Waals surface area contributed by atoms with Gasteiger partial charge in [-0.15, -0.1) is 11.3 Å². The van der Waals surface area contributed by atoms with Crippen molar-refractivity contribution >= 4 is 22.9 Å². The zero-order valence-corrected chi connectivity index (χ0v) is 12.3. The van der Waals surface area contributed by atoms with Crippen molar-refractivity contribution in [2.24, 2.45) is 5.41 Å². The van der Waals surface area contributed by atoms with Crippen molar-refractivity contribution in [2.75, 3.05) is 7.05 Å². The third kappa shape index (κ3) is 3.24. The molecule has 0 aliphatic heterocycles. The van der Waals surface area contributed by atoms with Crippen molar-refractivity contribution < 1.29 is 0 Å². The highest BCUT2D eigenvalue weighted by Gasteiger charge is 2.34. The third-order valence-corrected chi connectivity index (χ3v) is 5.47. The average Bonchev–Trinajstić information content (AvgIpc) is 2.72. The van der Waals surface area contributed by atoms with E-state index >= 15 is 0 Å². The Kier molecular flexibility index (Phi) is 4.51. The summed E-state index contributed by atoms with van der Waals surface area (Å²) in [6.07, 6.45) is 8.02. The van der Waals surface area contributed by atoms with Crippen LogP contribution in [0.5, 0.6) is 0 Å². The summed E-state index contributed by atoms with van der Waals surface area (Å²) in [6.45, 7) is 2.45. The lowest BCUT2D eigenvalue weighted by Gasteiger charge is -2.40. The Balaban J connectivity index is 2.05. The molecule has 1 atom stereocenters. The third-order valence-electron chi connectivity index (χ3n) is 4.22. The van der Waals surface area contributed by atoms with Crippen LogP contribution in [0.3, 0.4) is 0 Å². The smallest absolute Gasteiger partial charge is 0.0931 e. The number of thiophene rings is 1. The van der Waals surface area contributed by atoms with Crippen LogP contribution in [-0.4, -0.2) is 13.1 Å². The summed E-state index contributed by atoms with van der Waals surface area (Å²) in [4.78, 5) is 1.40. The molecule has 0 saturated heterocycles. The number of rotatable bonds is 4.